The molecule has 1 spiro atoms. The molecule has 67 heavy (non-hydrogen) atoms. The quantitative estimate of drug-likeness (QED) is 0.0940. The molecule has 0 atom stereocenters. The van der Waals surface area contributed by atoms with Crippen molar-refractivity contribution in [1.29, 1.82) is 0 Å². The van der Waals surface area contributed by atoms with Crippen LogP contribution in [0.15, 0.2) is 85.2 Å². The number of likely N-dealkylation sites (tertiary alicyclic amines) is 2. The summed E-state index contributed by atoms with van der Waals surface area (Å²) in [6.45, 7) is 11.5. The molecule has 9 rings (SSSR count). The number of H-pyrrole nitrogens is 1. The van der Waals surface area contributed by atoms with Gasteiger partial charge < -0.3 is 20.1 Å². The van der Waals surface area contributed by atoms with Gasteiger partial charge in [-0.25, -0.2) is 23.5 Å². The van der Waals surface area contributed by atoms with Crippen molar-refractivity contribution in [2.75, 3.05) is 56.1 Å². The molecule has 3 fully saturated rings. The number of hydrogen-bond donors (Lipinski definition) is 4. The lowest BCUT2D eigenvalue weighted by Gasteiger charge is -2.47. The third-order valence-electron chi connectivity index (χ3n) is 13.7. The molecule has 2 aromatic heterocycles. The molecule has 13 nitrogen and oxygen atoms in total. The molecule has 5 heterocycles. The number of ether oxygens (including phenoxy) is 1. The van der Waals surface area contributed by atoms with Gasteiger partial charge in [0.1, 0.15) is 36.0 Å². The lowest BCUT2D eigenvalue weighted by atomic mass is 9.71. The van der Waals surface area contributed by atoms with Crippen molar-refractivity contribution in [3.8, 4) is 28.3 Å². The maximum atomic E-state index is 15.2. The zero-order chi connectivity index (χ0) is 47.0. The molecule has 0 unspecified atom stereocenters. The van der Waals surface area contributed by atoms with E-state index in [0.717, 1.165) is 56.6 Å². The second-order valence-corrected chi connectivity index (χ2v) is 18.9. The molecule has 4 aromatic carbocycles. The lowest BCUT2D eigenvalue weighted by Crippen LogP contribution is -2.49. The molecule has 3 saturated heterocycles. The summed E-state index contributed by atoms with van der Waals surface area (Å²) in [5.41, 5.74) is 5.00. The topological polar surface area (TPSA) is 156 Å². The summed E-state index contributed by atoms with van der Waals surface area (Å²) in [5, 5.41) is 16.3. The number of carbonyl (C=O) groups is 3. The van der Waals surface area contributed by atoms with Gasteiger partial charge in [-0.2, -0.15) is 0 Å². The number of aromatic nitrogens is 3. The van der Waals surface area contributed by atoms with Gasteiger partial charge in [0.2, 0.25) is 5.91 Å². The van der Waals surface area contributed by atoms with Crippen LogP contribution in [0, 0.1) is 24.0 Å². The van der Waals surface area contributed by atoms with E-state index in [2.05, 4.69) is 59.7 Å². The van der Waals surface area contributed by atoms with Crippen molar-refractivity contribution < 1.29 is 33.0 Å². The van der Waals surface area contributed by atoms with E-state index in [1.807, 2.05) is 12.1 Å². The number of amides is 4. The second kappa shape index (κ2) is 18.8. The minimum atomic E-state index is -1.29. The molecule has 348 valence electrons. The number of carbonyl (C=O) groups excluding carboxylic acids is 3. The number of imide groups is 1. The Balaban J connectivity index is 0.770. The molecule has 0 aliphatic carbocycles. The van der Waals surface area contributed by atoms with Crippen molar-refractivity contribution in [3.05, 3.63) is 124 Å². The van der Waals surface area contributed by atoms with Gasteiger partial charge in [-0.05, 0) is 143 Å². The summed E-state index contributed by atoms with van der Waals surface area (Å²) in [5.74, 6) is -1.79. The number of rotatable bonds is 12. The molecule has 3 aliphatic heterocycles. The van der Waals surface area contributed by atoms with Crippen molar-refractivity contribution in [2.24, 2.45) is 5.41 Å². The predicted octanol–water partition coefficient (Wildman–Crippen LogP) is 9.21. The molecule has 4 amide bonds. The van der Waals surface area contributed by atoms with E-state index < -0.39 is 29.2 Å². The van der Waals surface area contributed by atoms with Gasteiger partial charge in [-0.3, -0.25) is 29.6 Å². The van der Waals surface area contributed by atoms with Crippen LogP contribution in [0.5, 0.6) is 5.75 Å². The summed E-state index contributed by atoms with van der Waals surface area (Å²) >= 11 is 6.50. The van der Waals surface area contributed by atoms with Gasteiger partial charge in [0, 0.05) is 54.5 Å². The van der Waals surface area contributed by atoms with E-state index >= 15 is 8.78 Å². The molecule has 4 N–H and O–H groups in total. The largest absolute Gasteiger partial charge is 0.492 e. The Kier molecular flexibility index (Phi) is 12.9. The van der Waals surface area contributed by atoms with E-state index in [-0.39, 0.29) is 30.1 Å². The highest BCUT2D eigenvalue weighted by Crippen LogP contribution is 2.42. The standard InChI is InChI=1S/C51H53ClF2N8O5/c1-31-38(25-35(53)26-42(31)58-48(64)37-10-8-34(24-41(37)54)50(2,3)66)46-39-28-43(57-47(39)56-30-55-46)33-6-4-32(5-7-33)29-61-20-15-51(16-21-61)13-18-60(19-14-51)22-23-67-36-9-11-44(40(52)27-36)62-17-12-45(63)59-49(62)65/h4-11,24-28,30,66H,12-23,29H2,1-3H3,(H,58,64)(H,55,56,57)(H,59,63,65). The summed E-state index contributed by atoms with van der Waals surface area (Å²) in [7, 11) is 0. The maximum Gasteiger partial charge on any atom is 0.328 e. The molecule has 16 heteroatoms. The zero-order valence-corrected chi connectivity index (χ0v) is 38.5. The third-order valence-corrected chi connectivity index (χ3v) is 14.0. The minimum Gasteiger partial charge on any atom is -0.492 e. The maximum absolute atomic E-state index is 15.2. The number of fused-ring (bicyclic) bond motifs is 1. The van der Waals surface area contributed by atoms with Crippen LogP contribution in [-0.4, -0.2) is 93.6 Å². The number of urea groups is 1. The zero-order valence-electron chi connectivity index (χ0n) is 37.7. The number of benzene rings is 4. The minimum absolute atomic E-state index is 0.178. The summed E-state index contributed by atoms with van der Waals surface area (Å²) in [4.78, 5) is 55.9. The first kappa shape index (κ1) is 45.9. The van der Waals surface area contributed by atoms with Crippen LogP contribution in [0.4, 0.5) is 25.0 Å². The molecule has 0 saturated carbocycles. The van der Waals surface area contributed by atoms with Crippen LogP contribution in [0.1, 0.15) is 73.0 Å². The highest BCUT2D eigenvalue weighted by molar-refractivity contribution is 6.34. The highest BCUT2D eigenvalue weighted by atomic mass is 35.5. The first-order valence-electron chi connectivity index (χ1n) is 22.7. The number of aromatic amines is 1. The Morgan fingerprint density at radius 3 is 2.33 bits per heavy atom. The van der Waals surface area contributed by atoms with Crippen LogP contribution < -0.4 is 20.3 Å². The second-order valence-electron chi connectivity index (χ2n) is 18.5. The molecule has 0 radical (unpaired) electrons. The lowest BCUT2D eigenvalue weighted by molar-refractivity contribution is -0.120. The Morgan fingerprint density at radius 1 is 0.910 bits per heavy atom. The number of nitrogens with one attached hydrogen (secondary N) is 3. The van der Waals surface area contributed by atoms with Crippen molar-refractivity contribution in [1.82, 2.24) is 30.1 Å². The van der Waals surface area contributed by atoms with Gasteiger partial charge in [-0.15, -0.1) is 0 Å². The van der Waals surface area contributed by atoms with Gasteiger partial charge in [0.25, 0.3) is 5.91 Å². The highest BCUT2D eigenvalue weighted by Gasteiger charge is 2.37. The number of anilines is 2. The Labute approximate surface area is 392 Å². The fourth-order valence-corrected chi connectivity index (χ4v) is 9.77. The van der Waals surface area contributed by atoms with Crippen molar-refractivity contribution in [2.45, 2.75) is 65.0 Å². The van der Waals surface area contributed by atoms with Crippen molar-refractivity contribution >= 4 is 51.9 Å². The van der Waals surface area contributed by atoms with Crippen LogP contribution in [0.25, 0.3) is 33.5 Å². The number of nitrogens with zero attached hydrogens (tertiary/aromatic N) is 5. The Bertz CT molecular complexity index is 2850. The number of halogens is 3. The Morgan fingerprint density at radius 2 is 1.64 bits per heavy atom. The third kappa shape index (κ3) is 10.1. The average Bonchev–Trinajstić information content (AvgIpc) is 3.74. The van der Waals surface area contributed by atoms with Crippen LogP contribution in [0.3, 0.4) is 0 Å². The van der Waals surface area contributed by atoms with Crippen LogP contribution in [0.2, 0.25) is 5.02 Å². The van der Waals surface area contributed by atoms with Gasteiger partial charge in [0.05, 0.1) is 27.6 Å². The first-order chi connectivity index (χ1) is 32.1. The number of aliphatic hydroxyl groups is 1. The van der Waals surface area contributed by atoms with Gasteiger partial charge >= 0.3 is 6.03 Å². The van der Waals surface area contributed by atoms with Crippen molar-refractivity contribution in [3.63, 3.8) is 0 Å². The first-order valence-corrected chi connectivity index (χ1v) is 23.0. The summed E-state index contributed by atoms with van der Waals surface area (Å²) in [6, 6.07) is 21.7. The predicted molar refractivity (Wildman–Crippen MR) is 254 cm³/mol. The fraction of sp³-hybridized carbons (Fsp3) is 0.353. The number of piperidine rings is 2. The van der Waals surface area contributed by atoms with Gasteiger partial charge in [0.15, 0.2) is 0 Å². The molecule has 3 aliphatic rings. The normalized spacial score (nSPS) is 17.0. The van der Waals surface area contributed by atoms with E-state index in [0.29, 0.717) is 61.9 Å². The van der Waals surface area contributed by atoms with Gasteiger partial charge in [-0.1, -0.05) is 41.9 Å². The smallest absolute Gasteiger partial charge is 0.328 e. The van der Waals surface area contributed by atoms with E-state index in [1.54, 1.807) is 19.1 Å². The van der Waals surface area contributed by atoms with E-state index in [1.165, 1.54) is 80.6 Å². The molecule has 0 bridgehead atoms. The van der Waals surface area contributed by atoms with Crippen LogP contribution >= 0.6 is 11.6 Å². The fourth-order valence-electron chi connectivity index (χ4n) is 9.50. The van der Waals surface area contributed by atoms with E-state index in [9.17, 15) is 19.5 Å². The summed E-state index contributed by atoms with van der Waals surface area (Å²) in [6.07, 6.45) is 6.34. The molecule has 6 aromatic rings. The average molecular weight is 931 g/mol. The monoisotopic (exact) mass is 930 g/mol. The number of hydrogen-bond acceptors (Lipinski definition) is 9. The Hall–Kier alpha value is -6.26. The van der Waals surface area contributed by atoms with Crippen LogP contribution in [-0.2, 0) is 16.9 Å². The van der Waals surface area contributed by atoms with E-state index in [4.69, 9.17) is 16.3 Å². The molecular weight excluding hydrogens is 878 g/mol. The summed E-state index contributed by atoms with van der Waals surface area (Å²) < 4.78 is 36.3. The molecular formula is C51H53ClF2N8O5. The SMILES string of the molecule is Cc1c(NC(=O)c2ccc(C(C)(C)O)cc2F)cc(F)cc1-c1ncnc2[nH]c(-c3ccc(CN4CCC5(CCN(CCOc6ccc(N7CCC(=O)NC7=O)c(Cl)c6)CC5)CC4)cc3)cc12.